The lowest BCUT2D eigenvalue weighted by atomic mass is 10.1. The van der Waals surface area contributed by atoms with Crippen LogP contribution in [0.15, 0.2) is 48.5 Å². The van der Waals surface area contributed by atoms with Gasteiger partial charge in [0.1, 0.15) is 0 Å². The lowest BCUT2D eigenvalue weighted by Gasteiger charge is -2.08. The molecule has 0 unspecified atom stereocenters. The highest BCUT2D eigenvalue weighted by atomic mass is 16.2. The van der Waals surface area contributed by atoms with Crippen molar-refractivity contribution < 1.29 is 9.59 Å². The van der Waals surface area contributed by atoms with E-state index in [0.29, 0.717) is 24.3 Å². The number of hydrogen-bond acceptors (Lipinski definition) is 3. The maximum atomic E-state index is 12.1. The van der Waals surface area contributed by atoms with Crippen molar-refractivity contribution in [3.63, 3.8) is 0 Å². The fourth-order valence-electron chi connectivity index (χ4n) is 2.09. The summed E-state index contributed by atoms with van der Waals surface area (Å²) in [7, 11) is 0. The van der Waals surface area contributed by atoms with Gasteiger partial charge in [-0.15, -0.1) is 0 Å². The zero-order chi connectivity index (χ0) is 15.9. The van der Waals surface area contributed by atoms with Crippen molar-refractivity contribution in [2.75, 3.05) is 5.32 Å². The molecule has 2 rings (SSSR count). The van der Waals surface area contributed by atoms with E-state index in [1.165, 1.54) is 6.92 Å². The van der Waals surface area contributed by atoms with E-state index in [4.69, 9.17) is 5.73 Å². The average molecular weight is 297 g/mol. The molecule has 0 aromatic heterocycles. The van der Waals surface area contributed by atoms with E-state index in [9.17, 15) is 9.59 Å². The summed E-state index contributed by atoms with van der Waals surface area (Å²) in [6, 6.07) is 14.6. The van der Waals surface area contributed by atoms with Crippen LogP contribution in [0.5, 0.6) is 0 Å². The Morgan fingerprint density at radius 3 is 2.50 bits per heavy atom. The summed E-state index contributed by atoms with van der Waals surface area (Å²) in [6.07, 6.45) is 0. The molecule has 0 bridgehead atoms. The van der Waals surface area contributed by atoms with Crippen LogP contribution < -0.4 is 16.4 Å². The Hall–Kier alpha value is -2.66. The lowest BCUT2D eigenvalue weighted by Crippen LogP contribution is -2.23. The first-order chi connectivity index (χ1) is 10.6. The minimum Gasteiger partial charge on any atom is -0.348 e. The Morgan fingerprint density at radius 2 is 1.77 bits per heavy atom. The summed E-state index contributed by atoms with van der Waals surface area (Å²) in [5.74, 6) is -0.278. The van der Waals surface area contributed by atoms with Gasteiger partial charge in [0, 0.05) is 31.3 Å². The monoisotopic (exact) mass is 297 g/mol. The molecule has 0 aliphatic carbocycles. The minimum atomic E-state index is -0.153. The number of carbonyl (C=O) groups excluding carboxylic acids is 2. The van der Waals surface area contributed by atoms with Crippen LogP contribution in [0.1, 0.15) is 28.4 Å². The van der Waals surface area contributed by atoms with E-state index in [2.05, 4.69) is 10.6 Å². The number of benzene rings is 2. The molecule has 4 N–H and O–H groups in total. The zero-order valence-corrected chi connectivity index (χ0v) is 12.4. The molecule has 5 heteroatoms. The normalized spacial score (nSPS) is 10.1. The van der Waals surface area contributed by atoms with E-state index in [1.54, 1.807) is 18.2 Å². The number of nitrogens with two attached hydrogens (primary N) is 1. The van der Waals surface area contributed by atoms with E-state index >= 15 is 0 Å². The molecule has 0 fully saturated rings. The van der Waals surface area contributed by atoms with Crippen LogP contribution in [-0.2, 0) is 17.9 Å². The van der Waals surface area contributed by atoms with Crippen LogP contribution in [0.3, 0.4) is 0 Å². The van der Waals surface area contributed by atoms with Crippen LogP contribution in [0.2, 0.25) is 0 Å². The summed E-state index contributed by atoms with van der Waals surface area (Å²) >= 11 is 0. The molecule has 0 radical (unpaired) electrons. The Kier molecular flexibility index (Phi) is 5.27. The van der Waals surface area contributed by atoms with Crippen LogP contribution in [0.25, 0.3) is 0 Å². The first-order valence-corrected chi connectivity index (χ1v) is 7.02. The Bertz CT molecular complexity index is 683. The van der Waals surface area contributed by atoms with E-state index in [-0.39, 0.29) is 11.8 Å². The van der Waals surface area contributed by atoms with Gasteiger partial charge in [-0.1, -0.05) is 24.3 Å². The summed E-state index contributed by atoms with van der Waals surface area (Å²) in [5.41, 5.74) is 8.70. The Balaban J connectivity index is 2.00. The van der Waals surface area contributed by atoms with Gasteiger partial charge < -0.3 is 16.4 Å². The number of hydrogen-bond donors (Lipinski definition) is 3. The molecule has 0 heterocycles. The highest BCUT2D eigenvalue weighted by molar-refractivity contribution is 5.94. The van der Waals surface area contributed by atoms with E-state index in [0.717, 1.165) is 11.1 Å². The van der Waals surface area contributed by atoms with Crippen molar-refractivity contribution in [2.45, 2.75) is 20.0 Å². The van der Waals surface area contributed by atoms with Gasteiger partial charge in [-0.25, -0.2) is 0 Å². The first kappa shape index (κ1) is 15.7. The first-order valence-electron chi connectivity index (χ1n) is 7.02. The van der Waals surface area contributed by atoms with Gasteiger partial charge in [-0.2, -0.15) is 0 Å². The van der Waals surface area contributed by atoms with Crippen molar-refractivity contribution in [1.82, 2.24) is 5.32 Å². The van der Waals surface area contributed by atoms with Crippen molar-refractivity contribution in [2.24, 2.45) is 5.73 Å². The van der Waals surface area contributed by atoms with E-state index in [1.807, 2.05) is 30.3 Å². The number of carbonyl (C=O) groups is 2. The molecular weight excluding hydrogens is 278 g/mol. The maximum absolute atomic E-state index is 12.1. The molecule has 2 aromatic rings. The average Bonchev–Trinajstić information content (AvgIpc) is 2.52. The number of amides is 2. The predicted octanol–water partition coefficient (Wildman–Crippen LogP) is 2.03. The van der Waals surface area contributed by atoms with Gasteiger partial charge in [0.25, 0.3) is 5.91 Å². The Labute approximate surface area is 129 Å². The molecular formula is C17H19N3O2. The minimum absolute atomic E-state index is 0.125. The fraction of sp³-hybridized carbons (Fsp3) is 0.176. The third-order valence-corrected chi connectivity index (χ3v) is 3.13. The summed E-state index contributed by atoms with van der Waals surface area (Å²) < 4.78 is 0. The van der Waals surface area contributed by atoms with Crippen molar-refractivity contribution in [3.8, 4) is 0 Å². The van der Waals surface area contributed by atoms with Gasteiger partial charge in [-0.3, -0.25) is 9.59 Å². The topological polar surface area (TPSA) is 84.2 Å². The standard InChI is InChI=1S/C17H19N3O2/c1-12(21)20-16-7-3-5-14(9-16)11-19-17(22)15-6-2-4-13(8-15)10-18/h2-9H,10-11,18H2,1H3,(H,19,22)(H,20,21). The SMILES string of the molecule is CC(=O)Nc1cccc(CNC(=O)c2cccc(CN)c2)c1. The second-order valence-corrected chi connectivity index (χ2v) is 4.97. The summed E-state index contributed by atoms with van der Waals surface area (Å²) in [4.78, 5) is 23.2. The summed E-state index contributed by atoms with van der Waals surface area (Å²) in [6.45, 7) is 2.25. The molecule has 2 aromatic carbocycles. The highest BCUT2D eigenvalue weighted by Gasteiger charge is 2.06. The summed E-state index contributed by atoms with van der Waals surface area (Å²) in [5, 5.41) is 5.57. The van der Waals surface area contributed by atoms with Gasteiger partial charge in [0.15, 0.2) is 0 Å². The number of nitrogens with one attached hydrogen (secondary N) is 2. The molecule has 22 heavy (non-hydrogen) atoms. The third kappa shape index (κ3) is 4.43. The molecule has 114 valence electrons. The van der Waals surface area contributed by atoms with Gasteiger partial charge in [0.05, 0.1) is 0 Å². The van der Waals surface area contributed by atoms with Crippen LogP contribution in [0.4, 0.5) is 5.69 Å². The van der Waals surface area contributed by atoms with Gasteiger partial charge in [-0.05, 0) is 35.4 Å². The molecule has 0 aliphatic rings. The van der Waals surface area contributed by atoms with Crippen molar-refractivity contribution >= 4 is 17.5 Å². The van der Waals surface area contributed by atoms with Crippen molar-refractivity contribution in [1.29, 1.82) is 0 Å². The quantitative estimate of drug-likeness (QED) is 0.789. The molecule has 0 aliphatic heterocycles. The van der Waals surface area contributed by atoms with Crippen molar-refractivity contribution in [3.05, 3.63) is 65.2 Å². The Morgan fingerprint density at radius 1 is 1.05 bits per heavy atom. The molecule has 0 saturated carbocycles. The van der Waals surface area contributed by atoms with E-state index < -0.39 is 0 Å². The second-order valence-electron chi connectivity index (χ2n) is 4.97. The lowest BCUT2D eigenvalue weighted by molar-refractivity contribution is -0.114. The maximum Gasteiger partial charge on any atom is 0.251 e. The number of anilines is 1. The van der Waals surface area contributed by atoms with Crippen LogP contribution in [0, 0.1) is 0 Å². The highest BCUT2D eigenvalue weighted by Crippen LogP contribution is 2.11. The zero-order valence-electron chi connectivity index (χ0n) is 12.4. The predicted molar refractivity (Wildman–Crippen MR) is 86.2 cm³/mol. The largest absolute Gasteiger partial charge is 0.348 e. The van der Waals surface area contributed by atoms with Crippen LogP contribution >= 0.6 is 0 Å². The number of rotatable bonds is 5. The molecule has 2 amide bonds. The van der Waals surface area contributed by atoms with Crippen LogP contribution in [-0.4, -0.2) is 11.8 Å². The molecule has 5 nitrogen and oxygen atoms in total. The van der Waals surface area contributed by atoms with Gasteiger partial charge in [0.2, 0.25) is 5.91 Å². The molecule has 0 saturated heterocycles. The third-order valence-electron chi connectivity index (χ3n) is 3.13. The molecule has 0 atom stereocenters. The van der Waals surface area contributed by atoms with Gasteiger partial charge >= 0.3 is 0 Å². The smallest absolute Gasteiger partial charge is 0.251 e. The fourth-order valence-corrected chi connectivity index (χ4v) is 2.09. The molecule has 0 spiro atoms. The second kappa shape index (κ2) is 7.38.